The van der Waals surface area contributed by atoms with Crippen LogP contribution in [0.25, 0.3) is 99.3 Å². The van der Waals surface area contributed by atoms with E-state index in [-0.39, 0.29) is 5.41 Å². The molecule has 7 heteroatoms. The van der Waals surface area contributed by atoms with Crippen molar-refractivity contribution in [2.75, 3.05) is 0 Å². The van der Waals surface area contributed by atoms with Crippen LogP contribution in [0.5, 0.6) is 11.5 Å². The zero-order chi connectivity index (χ0) is 44.3. The topological polar surface area (TPSA) is 45.7 Å². The molecular weight excluding hydrogens is 809 g/mol. The Hall–Kier alpha value is -8.42. The van der Waals surface area contributed by atoms with Gasteiger partial charge in [-0.2, -0.15) is 0 Å². The van der Waals surface area contributed by atoms with Gasteiger partial charge in [0.2, 0.25) is 6.33 Å². The van der Waals surface area contributed by atoms with Gasteiger partial charge in [-0.3, -0.25) is 4.57 Å². The molecule has 0 N–H and O–H groups in total. The van der Waals surface area contributed by atoms with Crippen LogP contribution in [-0.4, -0.2) is 23.3 Å². The van der Waals surface area contributed by atoms with Crippen molar-refractivity contribution in [2.45, 2.75) is 26.2 Å². The van der Waals surface area contributed by atoms with Crippen LogP contribution in [0.1, 0.15) is 26.3 Å². The van der Waals surface area contributed by atoms with E-state index >= 15 is 0 Å². The van der Waals surface area contributed by atoms with Crippen LogP contribution >= 0.6 is 0 Å². The highest BCUT2D eigenvalue weighted by Gasteiger charge is 2.29. The monoisotopic (exact) mass is 852 g/mol. The number of ether oxygens (including phenoxy) is 1. The van der Waals surface area contributed by atoms with Crippen LogP contribution in [0.4, 0.5) is 0 Å². The number of benzene rings is 8. The molecule has 316 valence electrons. The SMILES string of the molecule is Cn1[c-][n+](-c2cccc(Oc3ccc4c5c6c(c7ccccc7n6-c6ccccc6)c6c(c7ccccc7n6-c6ccccc6)c5n(-c5cc(C(C)(C)C)ccn5)c4c3)c2)c2ccccc21. The van der Waals surface area contributed by atoms with Gasteiger partial charge in [-0.1, -0.05) is 130 Å². The fourth-order valence-corrected chi connectivity index (χ4v) is 10.4. The second-order valence-electron chi connectivity index (χ2n) is 18.3. The largest absolute Gasteiger partial charge is 0.458 e. The molecule has 5 aromatic heterocycles. The van der Waals surface area contributed by atoms with Crippen molar-refractivity contribution in [2.24, 2.45) is 7.05 Å². The van der Waals surface area contributed by atoms with E-state index in [1.807, 2.05) is 29.9 Å². The van der Waals surface area contributed by atoms with Crippen molar-refractivity contribution in [1.82, 2.24) is 23.3 Å². The van der Waals surface area contributed by atoms with Crippen molar-refractivity contribution in [3.8, 4) is 34.4 Å². The first-order chi connectivity index (χ1) is 32.3. The number of para-hydroxylation sites is 6. The van der Waals surface area contributed by atoms with Gasteiger partial charge in [0.1, 0.15) is 17.3 Å². The van der Waals surface area contributed by atoms with Gasteiger partial charge in [-0.25, -0.2) is 4.98 Å². The molecule has 0 radical (unpaired) electrons. The smallest absolute Gasteiger partial charge is 0.244 e. The van der Waals surface area contributed by atoms with E-state index in [9.17, 15) is 0 Å². The van der Waals surface area contributed by atoms with Crippen LogP contribution in [0.2, 0.25) is 0 Å². The summed E-state index contributed by atoms with van der Waals surface area (Å²) in [5, 5.41) is 7.00. The fourth-order valence-electron chi connectivity index (χ4n) is 10.4. The number of aromatic nitrogens is 6. The Morgan fingerprint density at radius 3 is 1.67 bits per heavy atom. The van der Waals surface area contributed by atoms with E-state index in [4.69, 9.17) is 9.72 Å². The lowest BCUT2D eigenvalue weighted by atomic mass is 9.88. The zero-order valence-electron chi connectivity index (χ0n) is 37.1. The number of imidazole rings is 1. The van der Waals surface area contributed by atoms with Gasteiger partial charge >= 0.3 is 0 Å². The fraction of sp³-hybridized carbons (Fsp3) is 0.0847. The summed E-state index contributed by atoms with van der Waals surface area (Å²) in [5.41, 5.74) is 13.1. The second kappa shape index (κ2) is 14.3. The van der Waals surface area contributed by atoms with Gasteiger partial charge < -0.3 is 23.0 Å². The summed E-state index contributed by atoms with van der Waals surface area (Å²) in [7, 11) is 2.03. The number of hydrogen-bond acceptors (Lipinski definition) is 2. The number of hydrogen-bond donors (Lipinski definition) is 0. The zero-order valence-corrected chi connectivity index (χ0v) is 37.1. The van der Waals surface area contributed by atoms with Crippen LogP contribution in [0.15, 0.2) is 194 Å². The van der Waals surface area contributed by atoms with Crippen LogP contribution in [0, 0.1) is 6.33 Å². The highest BCUT2D eigenvalue weighted by Crippen LogP contribution is 2.50. The first kappa shape index (κ1) is 38.1. The summed E-state index contributed by atoms with van der Waals surface area (Å²) >= 11 is 0. The highest BCUT2D eigenvalue weighted by atomic mass is 16.5. The second-order valence-corrected chi connectivity index (χ2v) is 18.3. The average molecular weight is 853 g/mol. The van der Waals surface area contributed by atoms with E-state index in [1.54, 1.807) is 0 Å². The minimum absolute atomic E-state index is 0.110. The third-order valence-electron chi connectivity index (χ3n) is 13.3. The lowest BCUT2D eigenvalue weighted by Crippen LogP contribution is -2.29. The van der Waals surface area contributed by atoms with Gasteiger partial charge in [0.25, 0.3) is 0 Å². The maximum atomic E-state index is 6.90. The molecule has 0 unspecified atom stereocenters. The summed E-state index contributed by atoms with van der Waals surface area (Å²) < 4.78 is 18.4. The summed E-state index contributed by atoms with van der Waals surface area (Å²) in [4.78, 5) is 5.24. The Bertz CT molecular complexity index is 4070. The molecule has 13 rings (SSSR count). The molecule has 0 spiro atoms. The molecule has 0 amide bonds. The molecule has 0 aliphatic heterocycles. The maximum absolute atomic E-state index is 6.90. The molecule has 0 saturated carbocycles. The summed E-state index contributed by atoms with van der Waals surface area (Å²) in [6, 6.07) is 66.9. The van der Waals surface area contributed by atoms with Crippen molar-refractivity contribution < 1.29 is 9.30 Å². The van der Waals surface area contributed by atoms with E-state index in [0.717, 1.165) is 89.3 Å². The Labute approximate surface area is 381 Å². The standard InChI is InChI=1S/C59H44N6O/c1-59(2,3)38-32-33-60-52(34-38)65-51-36-43(66-42-23-17-22-41(35-42)62-37-61(4)49-28-15-16-29-50(49)62)30-31-46(51)55-57-53(44-24-11-13-26-47(44)64(57)40-20-9-6-10-21-40)56-54(58(55)65)45-25-12-14-27-48(45)63(56)39-18-7-5-8-19-39/h5-36H,1-4H3. The van der Waals surface area contributed by atoms with Gasteiger partial charge in [0.15, 0.2) is 0 Å². The maximum Gasteiger partial charge on any atom is 0.244 e. The number of rotatable bonds is 6. The van der Waals surface area contributed by atoms with Crippen molar-refractivity contribution in [3.63, 3.8) is 0 Å². The van der Waals surface area contributed by atoms with Gasteiger partial charge in [0, 0.05) is 56.0 Å². The minimum Gasteiger partial charge on any atom is -0.458 e. The molecular formula is C59H44N6O. The van der Waals surface area contributed by atoms with Crippen molar-refractivity contribution in [1.29, 1.82) is 0 Å². The van der Waals surface area contributed by atoms with E-state index in [2.05, 4.69) is 221 Å². The molecule has 0 aliphatic carbocycles. The molecule has 8 aromatic carbocycles. The molecule has 0 bridgehead atoms. The quantitative estimate of drug-likeness (QED) is 0.124. The normalized spacial score (nSPS) is 12.2. The van der Waals surface area contributed by atoms with Crippen LogP contribution in [0.3, 0.4) is 0 Å². The number of nitrogens with zero attached hydrogens (tertiary/aromatic N) is 6. The highest BCUT2D eigenvalue weighted by molar-refractivity contribution is 6.40. The summed E-state index contributed by atoms with van der Waals surface area (Å²) in [6.07, 6.45) is 5.45. The Morgan fingerprint density at radius 1 is 0.485 bits per heavy atom. The van der Waals surface area contributed by atoms with Crippen LogP contribution in [-0.2, 0) is 12.5 Å². The Morgan fingerprint density at radius 2 is 1.03 bits per heavy atom. The van der Waals surface area contributed by atoms with E-state index in [0.29, 0.717) is 0 Å². The molecule has 5 heterocycles. The molecule has 0 aliphatic rings. The molecule has 0 saturated heterocycles. The van der Waals surface area contributed by atoms with E-state index in [1.165, 1.54) is 27.1 Å². The van der Waals surface area contributed by atoms with Gasteiger partial charge in [0.05, 0.1) is 56.9 Å². The predicted molar refractivity (Wildman–Crippen MR) is 269 cm³/mol. The number of pyridine rings is 1. The van der Waals surface area contributed by atoms with Crippen molar-refractivity contribution in [3.05, 3.63) is 206 Å². The molecule has 0 fully saturated rings. The summed E-state index contributed by atoms with van der Waals surface area (Å²) in [6.45, 7) is 6.79. The molecule has 7 nitrogen and oxygen atoms in total. The Kier molecular flexibility index (Phi) is 8.25. The van der Waals surface area contributed by atoms with Crippen LogP contribution < -0.4 is 9.30 Å². The molecule has 13 aromatic rings. The third kappa shape index (κ3) is 5.62. The number of aryl methyl sites for hydroxylation is 1. The van der Waals surface area contributed by atoms with E-state index < -0.39 is 0 Å². The predicted octanol–water partition coefficient (Wildman–Crippen LogP) is 14.0. The van der Waals surface area contributed by atoms with Crippen molar-refractivity contribution >= 4 is 76.5 Å². The average Bonchev–Trinajstić information content (AvgIpc) is 4.08. The van der Waals surface area contributed by atoms with Gasteiger partial charge in [-0.05, 0) is 83.8 Å². The molecule has 0 atom stereocenters. The minimum atomic E-state index is -0.110. The lowest BCUT2D eigenvalue weighted by Gasteiger charge is -2.20. The lowest BCUT2D eigenvalue weighted by molar-refractivity contribution is -0.572. The Balaban J connectivity index is 1.19. The molecule has 66 heavy (non-hydrogen) atoms. The third-order valence-corrected chi connectivity index (χ3v) is 13.3. The van der Waals surface area contributed by atoms with Gasteiger partial charge in [-0.15, -0.1) is 0 Å². The first-order valence-corrected chi connectivity index (χ1v) is 22.5. The summed E-state index contributed by atoms with van der Waals surface area (Å²) in [5.74, 6) is 2.31. The first-order valence-electron chi connectivity index (χ1n) is 22.5. The number of fused-ring (bicyclic) bond motifs is 13.